The van der Waals surface area contributed by atoms with Gasteiger partial charge in [-0.3, -0.25) is 4.79 Å². The molecule has 0 fully saturated rings. The molecule has 0 unspecified atom stereocenters. The number of halogens is 2. The van der Waals surface area contributed by atoms with Gasteiger partial charge in [-0.05, 0) is 6.07 Å². The second kappa shape index (κ2) is 5.96. The van der Waals surface area contributed by atoms with Crippen LogP contribution in [0.3, 0.4) is 0 Å². The lowest BCUT2D eigenvalue weighted by Gasteiger charge is -2.05. The number of aliphatic hydroxyl groups excluding tert-OH is 1. The average Bonchev–Trinajstić information content (AvgIpc) is 2.80. The van der Waals surface area contributed by atoms with E-state index in [0.29, 0.717) is 10.7 Å². The molecule has 0 spiro atoms. The van der Waals surface area contributed by atoms with Gasteiger partial charge in [-0.2, -0.15) is 0 Å². The first kappa shape index (κ1) is 13.7. The van der Waals surface area contributed by atoms with Crippen LogP contribution in [0.25, 0.3) is 0 Å². The average molecular weight is 302 g/mol. The van der Waals surface area contributed by atoms with Crippen molar-refractivity contribution in [3.63, 3.8) is 0 Å². The van der Waals surface area contributed by atoms with Crippen molar-refractivity contribution in [3.05, 3.63) is 34.2 Å². The van der Waals surface area contributed by atoms with E-state index in [1.54, 1.807) is 0 Å². The molecular weight excluding hydrogens is 293 g/mol. The highest BCUT2D eigenvalue weighted by molar-refractivity contribution is 6.36. The van der Waals surface area contributed by atoms with Crippen molar-refractivity contribution in [1.82, 2.24) is 20.0 Å². The quantitative estimate of drug-likeness (QED) is 0.882. The number of pyridine rings is 1. The number of carbonyl (C=O) groups excluding carboxylic acids is 1. The van der Waals surface area contributed by atoms with Gasteiger partial charge in [0.15, 0.2) is 5.82 Å². The second-order valence-electron chi connectivity index (χ2n) is 3.60. The van der Waals surface area contributed by atoms with Crippen molar-refractivity contribution in [2.24, 2.45) is 0 Å². The molecule has 1 amide bonds. The molecule has 0 saturated carbocycles. The van der Waals surface area contributed by atoms with Crippen molar-refractivity contribution in [2.45, 2.75) is 13.2 Å². The minimum atomic E-state index is -0.369. The van der Waals surface area contributed by atoms with Crippen LogP contribution in [0, 0.1) is 0 Å². The van der Waals surface area contributed by atoms with Crippen molar-refractivity contribution >= 4 is 34.9 Å². The molecule has 0 atom stereocenters. The molecule has 0 aliphatic carbocycles. The first-order chi connectivity index (χ1) is 9.08. The molecule has 0 aliphatic rings. The smallest absolute Gasteiger partial charge is 0.247 e. The van der Waals surface area contributed by atoms with Crippen LogP contribution in [0.4, 0.5) is 5.82 Å². The van der Waals surface area contributed by atoms with Crippen molar-refractivity contribution in [3.8, 4) is 0 Å². The summed E-state index contributed by atoms with van der Waals surface area (Å²) in [5, 5.41) is 19.3. The molecule has 9 heteroatoms. The lowest BCUT2D eigenvalue weighted by atomic mass is 10.4. The van der Waals surface area contributed by atoms with Gasteiger partial charge in [0.2, 0.25) is 5.91 Å². The number of rotatable bonds is 4. The van der Waals surface area contributed by atoms with Crippen molar-refractivity contribution in [2.75, 3.05) is 5.32 Å². The molecule has 2 aromatic rings. The third-order valence-corrected chi connectivity index (χ3v) is 2.61. The molecule has 19 heavy (non-hydrogen) atoms. The fourth-order valence-corrected chi connectivity index (χ4v) is 1.74. The number of nitrogens with zero attached hydrogens (tertiary/aromatic N) is 4. The Morgan fingerprint density at radius 1 is 1.47 bits per heavy atom. The van der Waals surface area contributed by atoms with E-state index in [2.05, 4.69) is 20.6 Å². The Bertz CT molecular complexity index is 601. The van der Waals surface area contributed by atoms with E-state index in [1.807, 2.05) is 0 Å². The minimum Gasteiger partial charge on any atom is -0.390 e. The van der Waals surface area contributed by atoms with E-state index in [4.69, 9.17) is 28.3 Å². The van der Waals surface area contributed by atoms with Crippen molar-refractivity contribution in [1.29, 1.82) is 0 Å². The Morgan fingerprint density at radius 2 is 2.26 bits per heavy atom. The molecule has 2 aromatic heterocycles. The standard InChI is InChI=1S/C10H9Cl2N5O2/c11-6-1-8(12)10(13-2-6)14-9(19)4-17-3-7(5-18)15-16-17/h1-3,18H,4-5H2,(H,13,14,19). The van der Waals surface area contributed by atoms with Gasteiger partial charge >= 0.3 is 0 Å². The Balaban J connectivity index is 2.01. The van der Waals surface area contributed by atoms with Crippen LogP contribution in [-0.4, -0.2) is 31.0 Å². The maximum absolute atomic E-state index is 11.7. The summed E-state index contributed by atoms with van der Waals surface area (Å²) in [7, 11) is 0. The molecule has 0 aliphatic heterocycles. The molecule has 0 radical (unpaired) electrons. The highest BCUT2D eigenvalue weighted by Gasteiger charge is 2.09. The highest BCUT2D eigenvalue weighted by atomic mass is 35.5. The number of anilines is 1. The van der Waals surface area contributed by atoms with E-state index in [-0.39, 0.29) is 29.9 Å². The topological polar surface area (TPSA) is 92.9 Å². The monoisotopic (exact) mass is 301 g/mol. The maximum Gasteiger partial charge on any atom is 0.247 e. The Hall–Kier alpha value is -1.70. The molecule has 0 aromatic carbocycles. The lowest BCUT2D eigenvalue weighted by molar-refractivity contribution is -0.116. The number of nitrogens with one attached hydrogen (secondary N) is 1. The van der Waals surface area contributed by atoms with E-state index < -0.39 is 0 Å². The minimum absolute atomic E-state index is 0.0619. The summed E-state index contributed by atoms with van der Waals surface area (Å²) in [6.45, 7) is -0.292. The van der Waals surface area contributed by atoms with Crippen LogP contribution in [0.5, 0.6) is 0 Å². The lowest BCUT2D eigenvalue weighted by Crippen LogP contribution is -2.20. The van der Waals surface area contributed by atoms with Crippen LogP contribution in [-0.2, 0) is 17.9 Å². The zero-order valence-corrected chi connectivity index (χ0v) is 11.1. The normalized spacial score (nSPS) is 10.5. The SMILES string of the molecule is O=C(Cn1cc(CO)nn1)Nc1ncc(Cl)cc1Cl. The van der Waals surface area contributed by atoms with Gasteiger partial charge < -0.3 is 10.4 Å². The number of hydrogen-bond donors (Lipinski definition) is 2. The molecule has 2 rings (SSSR count). The van der Waals surface area contributed by atoms with Crippen LogP contribution < -0.4 is 5.32 Å². The molecule has 0 bridgehead atoms. The zero-order valence-electron chi connectivity index (χ0n) is 9.55. The van der Waals surface area contributed by atoms with Crippen LogP contribution in [0.1, 0.15) is 5.69 Å². The molecule has 0 saturated heterocycles. The van der Waals surface area contributed by atoms with Crippen molar-refractivity contribution < 1.29 is 9.90 Å². The van der Waals surface area contributed by atoms with E-state index in [0.717, 1.165) is 0 Å². The molecule has 100 valence electrons. The molecule has 2 N–H and O–H groups in total. The first-order valence-corrected chi connectivity index (χ1v) is 5.95. The third-order valence-electron chi connectivity index (χ3n) is 2.12. The first-order valence-electron chi connectivity index (χ1n) is 5.19. The predicted octanol–water partition coefficient (Wildman–Crippen LogP) is 1.11. The van der Waals surface area contributed by atoms with Gasteiger partial charge in [-0.25, -0.2) is 9.67 Å². The summed E-state index contributed by atoms with van der Waals surface area (Å²) >= 11 is 11.6. The Morgan fingerprint density at radius 3 is 2.89 bits per heavy atom. The zero-order chi connectivity index (χ0) is 13.8. The van der Waals surface area contributed by atoms with Gasteiger partial charge in [0, 0.05) is 6.20 Å². The van der Waals surface area contributed by atoms with E-state index in [1.165, 1.54) is 23.1 Å². The molecule has 2 heterocycles. The summed E-state index contributed by atoms with van der Waals surface area (Å²) in [5.74, 6) is -0.148. The second-order valence-corrected chi connectivity index (χ2v) is 4.44. The summed E-state index contributed by atoms with van der Waals surface area (Å²) in [6, 6.07) is 1.48. The number of aromatic nitrogens is 4. The summed E-state index contributed by atoms with van der Waals surface area (Å²) in [6.07, 6.45) is 2.85. The predicted molar refractivity (Wildman–Crippen MR) is 68.8 cm³/mol. The van der Waals surface area contributed by atoms with Gasteiger partial charge in [-0.1, -0.05) is 28.4 Å². The van der Waals surface area contributed by atoms with E-state index in [9.17, 15) is 4.79 Å². The van der Waals surface area contributed by atoms with Crippen LogP contribution in [0.2, 0.25) is 10.0 Å². The van der Waals surface area contributed by atoms with Crippen LogP contribution >= 0.6 is 23.2 Å². The highest BCUT2D eigenvalue weighted by Crippen LogP contribution is 2.22. The van der Waals surface area contributed by atoms with Gasteiger partial charge in [-0.15, -0.1) is 5.10 Å². The number of amides is 1. The molecule has 7 nitrogen and oxygen atoms in total. The fourth-order valence-electron chi connectivity index (χ4n) is 1.31. The molecular formula is C10H9Cl2N5O2. The number of aliphatic hydroxyl groups is 1. The van der Waals surface area contributed by atoms with Crippen LogP contribution in [0.15, 0.2) is 18.5 Å². The Labute approximate surface area is 118 Å². The van der Waals surface area contributed by atoms with Gasteiger partial charge in [0.1, 0.15) is 12.2 Å². The number of carbonyl (C=O) groups is 1. The Kier molecular flexibility index (Phi) is 4.31. The third kappa shape index (κ3) is 3.63. The largest absolute Gasteiger partial charge is 0.390 e. The van der Waals surface area contributed by atoms with Gasteiger partial charge in [0.05, 0.1) is 22.8 Å². The van der Waals surface area contributed by atoms with E-state index >= 15 is 0 Å². The number of hydrogen-bond acceptors (Lipinski definition) is 5. The summed E-state index contributed by atoms with van der Waals surface area (Å²) in [5.41, 5.74) is 0.385. The summed E-state index contributed by atoms with van der Waals surface area (Å²) in [4.78, 5) is 15.6. The maximum atomic E-state index is 11.7. The fraction of sp³-hybridized carbons (Fsp3) is 0.200. The van der Waals surface area contributed by atoms with Gasteiger partial charge in [0.25, 0.3) is 0 Å². The summed E-state index contributed by atoms with van der Waals surface area (Å²) < 4.78 is 1.30.